The van der Waals surface area contributed by atoms with Crippen LogP contribution in [0.25, 0.3) is 0 Å². The summed E-state index contributed by atoms with van der Waals surface area (Å²) in [6, 6.07) is 7.40. The van der Waals surface area contributed by atoms with Crippen LogP contribution in [0.2, 0.25) is 0 Å². The summed E-state index contributed by atoms with van der Waals surface area (Å²) in [7, 11) is 0. The van der Waals surface area contributed by atoms with Crippen molar-refractivity contribution in [2.24, 2.45) is 0 Å². The molecule has 0 atom stereocenters. The molecule has 3 rings (SSSR count). The number of fused-ring (bicyclic) bond motifs is 1. The predicted octanol–water partition coefficient (Wildman–Crippen LogP) is 2.89. The van der Waals surface area contributed by atoms with Gasteiger partial charge in [-0.2, -0.15) is 0 Å². The lowest BCUT2D eigenvalue weighted by atomic mass is 10.00. The summed E-state index contributed by atoms with van der Waals surface area (Å²) in [6.45, 7) is 0.575. The van der Waals surface area contributed by atoms with Crippen molar-refractivity contribution in [2.75, 3.05) is 17.2 Å². The van der Waals surface area contributed by atoms with Crippen LogP contribution in [0.15, 0.2) is 36.4 Å². The average molecular weight is 317 g/mol. The molecule has 118 valence electrons. The van der Waals surface area contributed by atoms with Crippen LogP contribution >= 0.6 is 0 Å². The van der Waals surface area contributed by atoms with Crippen molar-refractivity contribution in [3.05, 3.63) is 59.2 Å². The van der Waals surface area contributed by atoms with Crippen molar-refractivity contribution < 1.29 is 18.4 Å². The molecule has 3 N–H and O–H groups in total. The molecule has 0 unspecified atom stereocenters. The minimum absolute atomic E-state index is 0.213. The highest BCUT2D eigenvalue weighted by Gasteiger charge is 2.17. The lowest BCUT2D eigenvalue weighted by molar-refractivity contribution is 0.0946. The van der Waals surface area contributed by atoms with Crippen molar-refractivity contribution in [1.29, 1.82) is 0 Å². The summed E-state index contributed by atoms with van der Waals surface area (Å²) >= 11 is 0. The van der Waals surface area contributed by atoms with Gasteiger partial charge in [-0.1, -0.05) is 12.1 Å². The van der Waals surface area contributed by atoms with Gasteiger partial charge in [0, 0.05) is 17.8 Å². The van der Waals surface area contributed by atoms with Crippen LogP contribution in [0.5, 0.6) is 0 Å². The molecule has 0 radical (unpaired) electrons. The minimum Gasteiger partial charge on any atom is -0.352 e. The number of anilines is 2. The molecule has 0 bridgehead atoms. The fourth-order valence-corrected chi connectivity index (χ4v) is 2.38. The molecule has 0 aromatic heterocycles. The van der Waals surface area contributed by atoms with E-state index in [2.05, 4.69) is 16.0 Å². The molecule has 0 aliphatic carbocycles. The molecule has 5 nitrogen and oxygen atoms in total. The second-order valence-corrected chi connectivity index (χ2v) is 5.05. The van der Waals surface area contributed by atoms with Crippen LogP contribution in [-0.4, -0.2) is 18.5 Å². The summed E-state index contributed by atoms with van der Waals surface area (Å²) in [5.74, 6) is -1.95. The first-order chi connectivity index (χ1) is 11.0. The first kappa shape index (κ1) is 15.0. The van der Waals surface area contributed by atoms with E-state index >= 15 is 0 Å². The first-order valence-electron chi connectivity index (χ1n) is 6.98. The zero-order valence-corrected chi connectivity index (χ0v) is 12.0. The summed E-state index contributed by atoms with van der Waals surface area (Å²) in [5.41, 5.74) is 1.20. The number of rotatable bonds is 2. The number of carbonyl (C=O) groups is 2. The standard InChI is InChI=1S/C16H13F2N3O2/c17-12-2-1-3-13(18)14(12)21-16(23)20-10-5-4-9-6-7-19-15(22)11(9)8-10/h1-5,8H,6-7H2,(H,19,22)(H2,20,21,23). The Hall–Kier alpha value is -2.96. The number of carbonyl (C=O) groups excluding carboxylic acids is 2. The Bertz CT molecular complexity index is 773. The number of amides is 3. The van der Waals surface area contributed by atoms with Gasteiger partial charge in [-0.25, -0.2) is 13.6 Å². The first-order valence-corrected chi connectivity index (χ1v) is 6.98. The molecule has 0 saturated heterocycles. The third-order valence-electron chi connectivity index (χ3n) is 3.49. The van der Waals surface area contributed by atoms with Gasteiger partial charge in [0.25, 0.3) is 5.91 Å². The molecule has 23 heavy (non-hydrogen) atoms. The molecule has 0 spiro atoms. The highest BCUT2D eigenvalue weighted by atomic mass is 19.1. The summed E-state index contributed by atoms with van der Waals surface area (Å²) in [5, 5.41) is 7.28. The third-order valence-corrected chi connectivity index (χ3v) is 3.49. The maximum absolute atomic E-state index is 13.5. The Morgan fingerprint density at radius 1 is 1.09 bits per heavy atom. The van der Waals surface area contributed by atoms with E-state index in [1.165, 1.54) is 12.1 Å². The molecule has 1 aliphatic heterocycles. The zero-order valence-electron chi connectivity index (χ0n) is 12.0. The van der Waals surface area contributed by atoms with E-state index in [9.17, 15) is 18.4 Å². The molecule has 2 aromatic rings. The van der Waals surface area contributed by atoms with E-state index in [1.54, 1.807) is 12.1 Å². The van der Waals surface area contributed by atoms with Gasteiger partial charge in [0.15, 0.2) is 0 Å². The molecule has 7 heteroatoms. The van der Waals surface area contributed by atoms with Gasteiger partial charge in [0.2, 0.25) is 0 Å². The molecule has 2 aromatic carbocycles. The maximum Gasteiger partial charge on any atom is 0.323 e. The van der Waals surface area contributed by atoms with Crippen LogP contribution in [0.3, 0.4) is 0 Å². The number of hydrogen-bond donors (Lipinski definition) is 3. The quantitative estimate of drug-likeness (QED) is 0.797. The SMILES string of the molecule is O=C(Nc1ccc2c(c1)C(=O)NCC2)Nc1c(F)cccc1F. The molecular formula is C16H13F2N3O2. The van der Waals surface area contributed by atoms with Gasteiger partial charge < -0.3 is 16.0 Å². The van der Waals surface area contributed by atoms with Gasteiger partial charge in [0.05, 0.1) is 0 Å². The number of urea groups is 1. The molecule has 0 fully saturated rings. The second kappa shape index (κ2) is 6.04. The van der Waals surface area contributed by atoms with Gasteiger partial charge >= 0.3 is 6.03 Å². The topological polar surface area (TPSA) is 70.2 Å². The lowest BCUT2D eigenvalue weighted by Crippen LogP contribution is -2.32. The Labute approximate surface area is 130 Å². The lowest BCUT2D eigenvalue weighted by Gasteiger charge is -2.17. The Morgan fingerprint density at radius 3 is 2.57 bits per heavy atom. The van der Waals surface area contributed by atoms with Gasteiger partial charge in [0.1, 0.15) is 17.3 Å². The largest absolute Gasteiger partial charge is 0.352 e. The maximum atomic E-state index is 13.5. The minimum atomic E-state index is -0.870. The van der Waals surface area contributed by atoms with Crippen LogP contribution in [0, 0.1) is 11.6 Å². The van der Waals surface area contributed by atoms with Crippen LogP contribution in [0.4, 0.5) is 25.0 Å². The molecule has 1 aliphatic rings. The number of benzene rings is 2. The molecule has 1 heterocycles. The monoisotopic (exact) mass is 317 g/mol. The predicted molar refractivity (Wildman–Crippen MR) is 81.5 cm³/mol. The van der Waals surface area contributed by atoms with Crippen LogP contribution in [-0.2, 0) is 6.42 Å². The van der Waals surface area contributed by atoms with Gasteiger partial charge in [-0.15, -0.1) is 0 Å². The Balaban J connectivity index is 1.76. The van der Waals surface area contributed by atoms with Crippen molar-refractivity contribution >= 4 is 23.3 Å². The number of para-hydroxylation sites is 1. The van der Waals surface area contributed by atoms with E-state index in [1.807, 2.05) is 0 Å². The van der Waals surface area contributed by atoms with E-state index in [4.69, 9.17) is 0 Å². The average Bonchev–Trinajstić information content (AvgIpc) is 2.52. The van der Waals surface area contributed by atoms with E-state index < -0.39 is 23.4 Å². The van der Waals surface area contributed by atoms with Crippen LogP contribution < -0.4 is 16.0 Å². The smallest absolute Gasteiger partial charge is 0.323 e. The number of nitrogens with one attached hydrogen (secondary N) is 3. The summed E-state index contributed by atoms with van der Waals surface area (Å²) < 4.78 is 27.0. The van der Waals surface area contributed by atoms with Gasteiger partial charge in [-0.05, 0) is 36.2 Å². The summed E-state index contributed by atoms with van der Waals surface area (Å²) in [6.07, 6.45) is 0.716. The van der Waals surface area contributed by atoms with Gasteiger partial charge in [-0.3, -0.25) is 4.79 Å². The molecule has 3 amide bonds. The fourth-order valence-electron chi connectivity index (χ4n) is 2.38. The van der Waals surface area contributed by atoms with Crippen LogP contribution in [0.1, 0.15) is 15.9 Å². The normalized spacial score (nSPS) is 13.0. The van der Waals surface area contributed by atoms with Crippen molar-refractivity contribution in [3.8, 4) is 0 Å². The van der Waals surface area contributed by atoms with E-state index in [0.717, 1.165) is 17.7 Å². The highest BCUT2D eigenvalue weighted by molar-refractivity contribution is 6.02. The van der Waals surface area contributed by atoms with E-state index in [-0.39, 0.29) is 5.91 Å². The second-order valence-electron chi connectivity index (χ2n) is 5.05. The fraction of sp³-hybridized carbons (Fsp3) is 0.125. The Kier molecular flexibility index (Phi) is 3.92. The Morgan fingerprint density at radius 2 is 1.83 bits per heavy atom. The van der Waals surface area contributed by atoms with Crippen molar-refractivity contribution in [3.63, 3.8) is 0 Å². The third kappa shape index (κ3) is 3.13. The van der Waals surface area contributed by atoms with E-state index in [0.29, 0.717) is 24.2 Å². The number of hydrogen-bond acceptors (Lipinski definition) is 2. The molecular weight excluding hydrogens is 304 g/mol. The number of halogens is 2. The summed E-state index contributed by atoms with van der Waals surface area (Å²) in [4.78, 5) is 23.6. The van der Waals surface area contributed by atoms with Crippen molar-refractivity contribution in [1.82, 2.24) is 5.32 Å². The highest BCUT2D eigenvalue weighted by Crippen LogP contribution is 2.21. The molecule has 0 saturated carbocycles. The zero-order chi connectivity index (χ0) is 16.4. The van der Waals surface area contributed by atoms with Crippen molar-refractivity contribution in [2.45, 2.75) is 6.42 Å².